The van der Waals surface area contributed by atoms with Crippen LogP contribution < -0.4 is 15.1 Å². The highest BCUT2D eigenvalue weighted by atomic mass is 19.1. The fourth-order valence-electron chi connectivity index (χ4n) is 3.56. The van der Waals surface area contributed by atoms with Crippen LogP contribution in [0.1, 0.15) is 18.9 Å². The number of halogens is 1. The molecule has 1 saturated heterocycles. The standard InChI is InChI=1S/C22H28FN3O/c1-18(7-8-19-5-3-2-4-6-19)24-22(27)17-25-13-15-26(16-14-25)21-11-9-20(23)10-12-21/h2-6,9-12,18H,7-8,13-17H2,1H3,(H,24,27)/p+1/t18-/m1/s1. The van der Waals surface area contributed by atoms with Gasteiger partial charge in [-0.2, -0.15) is 0 Å². The van der Waals surface area contributed by atoms with Gasteiger partial charge in [0.1, 0.15) is 5.82 Å². The van der Waals surface area contributed by atoms with Crippen molar-refractivity contribution in [1.29, 1.82) is 0 Å². The van der Waals surface area contributed by atoms with Crippen LogP contribution in [-0.4, -0.2) is 44.7 Å². The zero-order chi connectivity index (χ0) is 19.1. The second-order valence-corrected chi connectivity index (χ2v) is 7.38. The molecule has 1 aliphatic rings. The van der Waals surface area contributed by atoms with Crippen LogP contribution >= 0.6 is 0 Å². The molecule has 4 nitrogen and oxygen atoms in total. The van der Waals surface area contributed by atoms with E-state index in [-0.39, 0.29) is 17.8 Å². The summed E-state index contributed by atoms with van der Waals surface area (Å²) in [4.78, 5) is 15.9. The van der Waals surface area contributed by atoms with Gasteiger partial charge in [0.2, 0.25) is 0 Å². The minimum absolute atomic E-state index is 0.126. The molecule has 2 aromatic rings. The molecular formula is C22H29FN3O+. The molecule has 2 aromatic carbocycles. The molecule has 0 aliphatic carbocycles. The molecule has 1 atom stereocenters. The number of nitrogens with zero attached hydrogens (tertiary/aromatic N) is 1. The van der Waals surface area contributed by atoms with Gasteiger partial charge in [-0.3, -0.25) is 4.79 Å². The van der Waals surface area contributed by atoms with Gasteiger partial charge in [0, 0.05) is 11.7 Å². The van der Waals surface area contributed by atoms with Gasteiger partial charge in [0.25, 0.3) is 5.91 Å². The number of piperazine rings is 1. The van der Waals surface area contributed by atoms with Crippen molar-refractivity contribution in [2.45, 2.75) is 25.8 Å². The van der Waals surface area contributed by atoms with Crippen molar-refractivity contribution >= 4 is 11.6 Å². The Bertz CT molecular complexity index is 712. The molecule has 144 valence electrons. The van der Waals surface area contributed by atoms with Gasteiger partial charge < -0.3 is 15.1 Å². The van der Waals surface area contributed by atoms with E-state index in [4.69, 9.17) is 0 Å². The summed E-state index contributed by atoms with van der Waals surface area (Å²) in [5.41, 5.74) is 2.36. The van der Waals surface area contributed by atoms with E-state index in [0.29, 0.717) is 6.54 Å². The first-order valence-corrected chi connectivity index (χ1v) is 9.77. The molecule has 0 radical (unpaired) electrons. The zero-order valence-electron chi connectivity index (χ0n) is 16.0. The molecule has 27 heavy (non-hydrogen) atoms. The summed E-state index contributed by atoms with van der Waals surface area (Å²) in [5.74, 6) is -0.0816. The molecule has 5 heteroatoms. The fraction of sp³-hybridized carbons (Fsp3) is 0.409. The van der Waals surface area contributed by atoms with E-state index < -0.39 is 0 Å². The molecule has 0 bridgehead atoms. The summed E-state index contributed by atoms with van der Waals surface area (Å²) in [5, 5.41) is 3.13. The highest BCUT2D eigenvalue weighted by molar-refractivity contribution is 5.77. The number of carbonyl (C=O) groups is 1. The average Bonchev–Trinajstić information content (AvgIpc) is 2.68. The van der Waals surface area contributed by atoms with Gasteiger partial charge in [-0.25, -0.2) is 4.39 Å². The van der Waals surface area contributed by atoms with Crippen molar-refractivity contribution in [2.75, 3.05) is 37.6 Å². The summed E-state index contributed by atoms with van der Waals surface area (Å²) >= 11 is 0. The minimum Gasteiger partial charge on any atom is -0.360 e. The van der Waals surface area contributed by atoms with Crippen LogP contribution in [0, 0.1) is 5.82 Å². The minimum atomic E-state index is -0.207. The van der Waals surface area contributed by atoms with E-state index in [9.17, 15) is 9.18 Å². The number of quaternary nitrogens is 1. The first-order valence-electron chi connectivity index (χ1n) is 9.77. The predicted molar refractivity (Wildman–Crippen MR) is 107 cm³/mol. The molecule has 0 saturated carbocycles. The summed E-state index contributed by atoms with van der Waals surface area (Å²) in [6, 6.07) is 17.2. The van der Waals surface area contributed by atoms with Crippen LogP contribution in [-0.2, 0) is 11.2 Å². The second-order valence-electron chi connectivity index (χ2n) is 7.38. The zero-order valence-corrected chi connectivity index (χ0v) is 16.0. The second kappa shape index (κ2) is 9.51. The maximum absolute atomic E-state index is 13.0. The first-order chi connectivity index (χ1) is 13.1. The number of hydrogen-bond acceptors (Lipinski definition) is 2. The maximum Gasteiger partial charge on any atom is 0.275 e. The van der Waals surface area contributed by atoms with E-state index in [1.54, 1.807) is 0 Å². The van der Waals surface area contributed by atoms with Gasteiger partial charge >= 0.3 is 0 Å². The molecule has 1 amide bonds. The lowest BCUT2D eigenvalue weighted by Gasteiger charge is -2.33. The largest absolute Gasteiger partial charge is 0.360 e. The Labute approximate surface area is 161 Å². The number of amides is 1. The lowest BCUT2D eigenvalue weighted by molar-refractivity contribution is -0.892. The fourth-order valence-corrected chi connectivity index (χ4v) is 3.56. The molecule has 0 aromatic heterocycles. The van der Waals surface area contributed by atoms with Crippen LogP contribution in [0.25, 0.3) is 0 Å². The number of anilines is 1. The smallest absolute Gasteiger partial charge is 0.275 e. The third-order valence-electron chi connectivity index (χ3n) is 5.19. The third-order valence-corrected chi connectivity index (χ3v) is 5.19. The number of benzene rings is 2. The highest BCUT2D eigenvalue weighted by Crippen LogP contribution is 2.14. The van der Waals surface area contributed by atoms with Crippen LogP contribution in [0.15, 0.2) is 54.6 Å². The number of nitrogens with one attached hydrogen (secondary N) is 2. The van der Waals surface area contributed by atoms with Gasteiger partial charge in [-0.15, -0.1) is 0 Å². The first kappa shape index (κ1) is 19.4. The van der Waals surface area contributed by atoms with Crippen LogP contribution in [0.4, 0.5) is 10.1 Å². The van der Waals surface area contributed by atoms with Crippen molar-refractivity contribution in [3.63, 3.8) is 0 Å². The van der Waals surface area contributed by atoms with Crippen LogP contribution in [0.2, 0.25) is 0 Å². The third kappa shape index (κ3) is 6.07. The SMILES string of the molecule is C[C@H](CCc1ccccc1)NC(=O)C[NH+]1CCN(c2ccc(F)cc2)CC1. The van der Waals surface area contributed by atoms with Gasteiger partial charge in [-0.05, 0) is 49.6 Å². The Kier molecular flexibility index (Phi) is 6.82. The van der Waals surface area contributed by atoms with Crippen LogP contribution in [0.5, 0.6) is 0 Å². The van der Waals surface area contributed by atoms with Crippen molar-refractivity contribution in [2.24, 2.45) is 0 Å². The molecule has 1 heterocycles. The number of aryl methyl sites for hydroxylation is 1. The Morgan fingerprint density at radius 2 is 1.78 bits per heavy atom. The summed E-state index contributed by atoms with van der Waals surface area (Å²) in [7, 11) is 0. The molecular weight excluding hydrogens is 341 g/mol. The number of carbonyl (C=O) groups excluding carboxylic acids is 1. The molecule has 1 fully saturated rings. The van der Waals surface area contributed by atoms with Crippen LogP contribution in [0.3, 0.4) is 0 Å². The molecule has 2 N–H and O–H groups in total. The Hall–Kier alpha value is -2.40. The van der Waals surface area contributed by atoms with E-state index in [1.807, 2.05) is 30.3 Å². The molecule has 0 spiro atoms. The number of hydrogen-bond donors (Lipinski definition) is 2. The lowest BCUT2D eigenvalue weighted by Crippen LogP contribution is -3.16. The molecule has 3 rings (SSSR count). The van der Waals surface area contributed by atoms with E-state index in [2.05, 4.69) is 29.3 Å². The summed E-state index contributed by atoms with van der Waals surface area (Å²) in [6.07, 6.45) is 1.93. The average molecular weight is 370 g/mol. The summed E-state index contributed by atoms with van der Waals surface area (Å²) in [6.45, 7) is 6.21. The quantitative estimate of drug-likeness (QED) is 0.778. The van der Waals surface area contributed by atoms with Gasteiger partial charge in [-0.1, -0.05) is 30.3 Å². The van der Waals surface area contributed by atoms with Crippen molar-refractivity contribution in [3.8, 4) is 0 Å². The Morgan fingerprint density at radius 3 is 2.44 bits per heavy atom. The summed E-state index contributed by atoms with van der Waals surface area (Å²) < 4.78 is 13.0. The molecule has 0 unspecified atom stereocenters. The van der Waals surface area contributed by atoms with Crippen molar-refractivity contribution < 1.29 is 14.1 Å². The lowest BCUT2D eigenvalue weighted by atomic mass is 10.1. The maximum atomic E-state index is 13.0. The highest BCUT2D eigenvalue weighted by Gasteiger charge is 2.22. The topological polar surface area (TPSA) is 36.8 Å². The Balaban J connectivity index is 1.37. The van der Waals surface area contributed by atoms with Gasteiger partial charge in [0.05, 0.1) is 26.2 Å². The number of rotatable bonds is 7. The van der Waals surface area contributed by atoms with E-state index >= 15 is 0 Å². The van der Waals surface area contributed by atoms with Crippen molar-refractivity contribution in [1.82, 2.24) is 5.32 Å². The van der Waals surface area contributed by atoms with Gasteiger partial charge in [0.15, 0.2) is 6.54 Å². The Morgan fingerprint density at radius 1 is 1.11 bits per heavy atom. The molecule has 1 aliphatic heterocycles. The predicted octanol–water partition coefficient (Wildman–Crippen LogP) is 1.67. The van der Waals surface area contributed by atoms with Crippen molar-refractivity contribution in [3.05, 3.63) is 66.0 Å². The monoisotopic (exact) mass is 370 g/mol. The van der Waals surface area contributed by atoms with E-state index in [1.165, 1.54) is 22.6 Å². The van der Waals surface area contributed by atoms with E-state index in [0.717, 1.165) is 44.7 Å². The normalized spacial score (nSPS) is 16.1.